The minimum atomic E-state index is 0.126. The molecule has 0 aliphatic rings. The maximum Gasteiger partial charge on any atom is 0.161 e. The number of methoxy groups -OCH3 is 2. The fraction of sp³-hybridized carbons (Fsp3) is 0.400. The molecule has 5 nitrogen and oxygen atoms in total. The van der Waals surface area contributed by atoms with E-state index in [0.29, 0.717) is 6.54 Å². The molecule has 0 saturated heterocycles. The first kappa shape index (κ1) is 18.9. The van der Waals surface area contributed by atoms with E-state index in [2.05, 4.69) is 31.3 Å². The van der Waals surface area contributed by atoms with Gasteiger partial charge in [0.2, 0.25) is 0 Å². The molecule has 0 aromatic heterocycles. The summed E-state index contributed by atoms with van der Waals surface area (Å²) in [6, 6.07) is 12.3. The average molecular weight is 344 g/mol. The summed E-state index contributed by atoms with van der Waals surface area (Å²) in [6.07, 6.45) is 0. The topological polar surface area (TPSA) is 54.0 Å². The van der Waals surface area contributed by atoms with E-state index < -0.39 is 0 Å². The first-order chi connectivity index (χ1) is 12.0. The summed E-state index contributed by atoms with van der Waals surface area (Å²) >= 11 is 0. The van der Waals surface area contributed by atoms with Gasteiger partial charge in [-0.3, -0.25) is 0 Å². The highest BCUT2D eigenvalue weighted by molar-refractivity contribution is 5.56. The largest absolute Gasteiger partial charge is 0.493 e. The predicted molar refractivity (Wildman–Crippen MR) is 103 cm³/mol. The van der Waals surface area contributed by atoms with Gasteiger partial charge >= 0.3 is 0 Å². The van der Waals surface area contributed by atoms with E-state index in [0.717, 1.165) is 28.4 Å². The summed E-state index contributed by atoms with van der Waals surface area (Å²) in [5.41, 5.74) is 4.44. The maximum atomic E-state index is 9.03. The number of nitrogens with one attached hydrogen (secondary N) is 1. The highest BCUT2D eigenvalue weighted by atomic mass is 16.5. The van der Waals surface area contributed by atoms with Gasteiger partial charge in [-0.1, -0.05) is 0 Å². The van der Waals surface area contributed by atoms with E-state index in [1.165, 1.54) is 5.56 Å². The number of aryl methyl sites for hydroxylation is 1. The van der Waals surface area contributed by atoms with E-state index in [1.807, 2.05) is 36.2 Å². The van der Waals surface area contributed by atoms with Crippen LogP contribution in [0.3, 0.4) is 0 Å². The smallest absolute Gasteiger partial charge is 0.161 e. The summed E-state index contributed by atoms with van der Waals surface area (Å²) in [5.74, 6) is 1.48. The molecule has 0 fully saturated rings. The van der Waals surface area contributed by atoms with Crippen LogP contribution in [0.25, 0.3) is 0 Å². The Morgan fingerprint density at radius 3 is 2.24 bits per heavy atom. The van der Waals surface area contributed by atoms with Gasteiger partial charge in [0, 0.05) is 31.0 Å². The molecular formula is C20H28N2O3. The van der Waals surface area contributed by atoms with E-state index in [9.17, 15) is 0 Å². The van der Waals surface area contributed by atoms with Gasteiger partial charge in [0.25, 0.3) is 0 Å². The number of hydrogen-bond acceptors (Lipinski definition) is 5. The van der Waals surface area contributed by atoms with Crippen LogP contribution >= 0.6 is 0 Å². The lowest BCUT2D eigenvalue weighted by Gasteiger charge is -2.21. The van der Waals surface area contributed by atoms with Crippen LogP contribution in [0.4, 0.5) is 11.4 Å². The third-order valence-electron chi connectivity index (χ3n) is 4.37. The van der Waals surface area contributed by atoms with Crippen LogP contribution in [0.15, 0.2) is 36.4 Å². The number of aliphatic hydroxyl groups is 1. The molecule has 0 amide bonds. The lowest BCUT2D eigenvalue weighted by atomic mass is 10.0. The molecule has 2 rings (SSSR count). The Morgan fingerprint density at radius 1 is 1.08 bits per heavy atom. The highest BCUT2D eigenvalue weighted by Gasteiger charge is 2.14. The minimum absolute atomic E-state index is 0.126. The van der Waals surface area contributed by atoms with Crippen molar-refractivity contribution >= 4 is 11.4 Å². The summed E-state index contributed by atoms with van der Waals surface area (Å²) < 4.78 is 10.8. The van der Waals surface area contributed by atoms with E-state index in [1.54, 1.807) is 14.2 Å². The molecule has 0 aliphatic carbocycles. The summed E-state index contributed by atoms with van der Waals surface area (Å²) in [6.45, 7) is 4.96. The standard InChI is InChI=1S/C20H28N2O3/c1-14-12-19(24-4)20(25-5)13-18(14)15(2)21-16-6-8-17(9-7-16)22(3)10-11-23/h6-9,12-13,15,21,23H,10-11H2,1-5H3. The van der Waals surface area contributed by atoms with Crippen molar-refractivity contribution in [3.63, 3.8) is 0 Å². The van der Waals surface area contributed by atoms with E-state index in [4.69, 9.17) is 14.6 Å². The number of ether oxygens (including phenoxy) is 2. The van der Waals surface area contributed by atoms with Crippen molar-refractivity contribution in [1.29, 1.82) is 0 Å². The Bertz CT molecular complexity index is 686. The number of benzene rings is 2. The molecule has 1 atom stereocenters. The number of nitrogens with zero attached hydrogens (tertiary/aromatic N) is 1. The Kier molecular flexibility index (Phi) is 6.53. The minimum Gasteiger partial charge on any atom is -0.493 e. The second kappa shape index (κ2) is 8.62. The first-order valence-electron chi connectivity index (χ1n) is 8.41. The molecule has 0 heterocycles. The van der Waals surface area contributed by atoms with Crippen molar-refractivity contribution in [2.45, 2.75) is 19.9 Å². The van der Waals surface area contributed by atoms with Gasteiger partial charge in [-0.05, 0) is 61.4 Å². The first-order valence-corrected chi connectivity index (χ1v) is 8.41. The van der Waals surface area contributed by atoms with Gasteiger partial charge in [-0.25, -0.2) is 0 Å². The van der Waals surface area contributed by atoms with Gasteiger partial charge in [-0.15, -0.1) is 0 Å². The molecule has 136 valence electrons. The highest BCUT2D eigenvalue weighted by Crippen LogP contribution is 2.34. The molecule has 0 bridgehead atoms. The zero-order valence-corrected chi connectivity index (χ0v) is 15.7. The zero-order chi connectivity index (χ0) is 18.4. The third-order valence-corrected chi connectivity index (χ3v) is 4.37. The van der Waals surface area contributed by atoms with Crippen LogP contribution < -0.4 is 19.7 Å². The number of anilines is 2. The Hall–Kier alpha value is -2.40. The average Bonchev–Trinajstić information content (AvgIpc) is 2.62. The van der Waals surface area contributed by atoms with Gasteiger partial charge in [0.15, 0.2) is 11.5 Å². The lowest BCUT2D eigenvalue weighted by molar-refractivity contribution is 0.304. The van der Waals surface area contributed by atoms with E-state index >= 15 is 0 Å². The quantitative estimate of drug-likeness (QED) is 0.766. The van der Waals surface area contributed by atoms with Crippen molar-refractivity contribution in [3.8, 4) is 11.5 Å². The Labute approximate surface area is 150 Å². The third kappa shape index (κ3) is 4.57. The molecule has 2 N–H and O–H groups in total. The molecule has 2 aromatic rings. The molecule has 25 heavy (non-hydrogen) atoms. The second-order valence-corrected chi connectivity index (χ2v) is 6.12. The van der Waals surface area contributed by atoms with Crippen molar-refractivity contribution < 1.29 is 14.6 Å². The molecule has 0 aliphatic heterocycles. The van der Waals surface area contributed by atoms with Gasteiger partial charge in [-0.2, -0.15) is 0 Å². The van der Waals surface area contributed by atoms with Gasteiger partial charge in [0.05, 0.1) is 20.8 Å². The molecule has 0 spiro atoms. The molecule has 1 unspecified atom stereocenters. The molecule has 5 heteroatoms. The van der Waals surface area contributed by atoms with Crippen molar-refractivity contribution in [2.75, 3.05) is 44.6 Å². The number of likely N-dealkylation sites (N-methyl/N-ethyl adjacent to an activating group) is 1. The zero-order valence-electron chi connectivity index (χ0n) is 15.7. The van der Waals surface area contributed by atoms with Gasteiger partial charge < -0.3 is 24.8 Å². The molecule has 0 radical (unpaired) electrons. The van der Waals surface area contributed by atoms with Crippen molar-refractivity contribution in [1.82, 2.24) is 0 Å². The normalized spacial score (nSPS) is 11.8. The Morgan fingerprint density at radius 2 is 1.68 bits per heavy atom. The maximum absolute atomic E-state index is 9.03. The summed E-state index contributed by atoms with van der Waals surface area (Å²) in [7, 11) is 5.26. The van der Waals surface area contributed by atoms with Crippen LogP contribution in [0, 0.1) is 6.92 Å². The second-order valence-electron chi connectivity index (χ2n) is 6.12. The predicted octanol–water partition coefficient (Wildman–Crippen LogP) is 3.61. The van der Waals surface area contributed by atoms with Crippen LogP contribution in [0.5, 0.6) is 11.5 Å². The summed E-state index contributed by atoms with van der Waals surface area (Å²) in [4.78, 5) is 2.02. The van der Waals surface area contributed by atoms with Crippen LogP contribution in [-0.2, 0) is 0 Å². The van der Waals surface area contributed by atoms with E-state index in [-0.39, 0.29) is 12.6 Å². The van der Waals surface area contributed by atoms with Crippen LogP contribution in [0.1, 0.15) is 24.1 Å². The fourth-order valence-electron chi connectivity index (χ4n) is 2.88. The molecular weight excluding hydrogens is 316 g/mol. The van der Waals surface area contributed by atoms with Gasteiger partial charge in [0.1, 0.15) is 0 Å². The number of aliphatic hydroxyl groups excluding tert-OH is 1. The summed E-state index contributed by atoms with van der Waals surface area (Å²) in [5, 5.41) is 12.6. The molecule has 0 saturated carbocycles. The lowest BCUT2D eigenvalue weighted by Crippen LogP contribution is -2.20. The number of rotatable bonds is 8. The molecule has 2 aromatic carbocycles. The van der Waals surface area contributed by atoms with Crippen molar-refractivity contribution in [2.24, 2.45) is 0 Å². The monoisotopic (exact) mass is 344 g/mol. The van der Waals surface area contributed by atoms with Crippen LogP contribution in [0.2, 0.25) is 0 Å². The SMILES string of the molecule is COc1cc(C)c(C(C)Nc2ccc(N(C)CCO)cc2)cc1OC. The Balaban J connectivity index is 2.15. The van der Waals surface area contributed by atoms with Crippen molar-refractivity contribution in [3.05, 3.63) is 47.5 Å². The number of hydrogen-bond donors (Lipinski definition) is 2. The van der Waals surface area contributed by atoms with Crippen LogP contribution in [-0.4, -0.2) is 39.5 Å². The fourth-order valence-corrected chi connectivity index (χ4v) is 2.88.